The minimum atomic E-state index is -0.286. The molecule has 0 radical (unpaired) electrons. The summed E-state index contributed by atoms with van der Waals surface area (Å²) in [5, 5.41) is 6.37. The van der Waals surface area contributed by atoms with Gasteiger partial charge in [0.2, 0.25) is 0 Å². The first-order chi connectivity index (χ1) is 11.5. The van der Waals surface area contributed by atoms with E-state index in [0.29, 0.717) is 24.8 Å². The second kappa shape index (κ2) is 8.44. The van der Waals surface area contributed by atoms with E-state index >= 15 is 0 Å². The molecule has 0 fully saturated rings. The Bertz CT molecular complexity index is 698. The van der Waals surface area contributed by atoms with Gasteiger partial charge in [0.1, 0.15) is 11.6 Å². The summed E-state index contributed by atoms with van der Waals surface area (Å²) in [4.78, 5) is 8.27. The van der Waals surface area contributed by atoms with Gasteiger partial charge >= 0.3 is 0 Å². The molecular weight excluding hydrogens is 309 g/mol. The van der Waals surface area contributed by atoms with Gasteiger partial charge in [0.05, 0.1) is 12.3 Å². The molecule has 1 aromatic heterocycles. The van der Waals surface area contributed by atoms with E-state index in [-0.39, 0.29) is 11.9 Å². The third-order valence-electron chi connectivity index (χ3n) is 3.58. The number of aliphatic imine (C=N–C) groups is 1. The van der Waals surface area contributed by atoms with Crippen LogP contribution < -0.4 is 10.6 Å². The molecule has 1 aromatic carbocycles. The van der Waals surface area contributed by atoms with Gasteiger partial charge in [0.25, 0.3) is 0 Å². The van der Waals surface area contributed by atoms with Gasteiger partial charge in [-0.1, -0.05) is 6.07 Å². The highest BCUT2D eigenvalue weighted by atomic mass is 19.1. The predicted octanol–water partition coefficient (Wildman–Crippen LogP) is 2.02. The van der Waals surface area contributed by atoms with E-state index in [1.807, 2.05) is 19.9 Å². The quantitative estimate of drug-likeness (QED) is 0.627. The van der Waals surface area contributed by atoms with Crippen molar-refractivity contribution in [3.8, 4) is 5.69 Å². The summed E-state index contributed by atoms with van der Waals surface area (Å²) < 4.78 is 21.2. The summed E-state index contributed by atoms with van der Waals surface area (Å²) in [6.07, 6.45) is 3.40. The van der Waals surface area contributed by atoms with E-state index in [1.54, 1.807) is 37.2 Å². The molecule has 2 rings (SSSR count). The second-order valence-corrected chi connectivity index (χ2v) is 5.56. The molecule has 130 valence electrons. The van der Waals surface area contributed by atoms with E-state index in [4.69, 9.17) is 4.74 Å². The monoisotopic (exact) mass is 333 g/mol. The molecule has 1 heterocycles. The molecular formula is C17H24FN5O. The van der Waals surface area contributed by atoms with Crippen molar-refractivity contribution < 1.29 is 9.13 Å². The van der Waals surface area contributed by atoms with Gasteiger partial charge in [0, 0.05) is 39.1 Å². The van der Waals surface area contributed by atoms with Crippen molar-refractivity contribution >= 4 is 5.96 Å². The first-order valence-corrected chi connectivity index (χ1v) is 7.80. The van der Waals surface area contributed by atoms with Crippen molar-refractivity contribution in [1.82, 2.24) is 20.2 Å². The highest BCUT2D eigenvalue weighted by molar-refractivity contribution is 5.79. The average Bonchev–Trinajstić information content (AvgIpc) is 2.97. The number of guanidine groups is 1. The Kier molecular flexibility index (Phi) is 6.31. The van der Waals surface area contributed by atoms with Crippen molar-refractivity contribution in [2.75, 3.05) is 20.8 Å². The summed E-state index contributed by atoms with van der Waals surface area (Å²) in [5.74, 6) is 1.11. The maximum absolute atomic E-state index is 14.4. The molecule has 7 heteroatoms. The van der Waals surface area contributed by atoms with Crippen LogP contribution in [0, 0.1) is 12.7 Å². The molecule has 0 amide bonds. The van der Waals surface area contributed by atoms with Crippen molar-refractivity contribution in [1.29, 1.82) is 0 Å². The Hall–Kier alpha value is -2.41. The number of aromatic nitrogens is 2. The SMILES string of the molecule is CN=C(NCc1ccc(-n2ccnc2C)c(F)c1)NC(C)COC. The lowest BCUT2D eigenvalue weighted by molar-refractivity contribution is 0.179. The number of hydrogen-bond acceptors (Lipinski definition) is 3. The van der Waals surface area contributed by atoms with Gasteiger partial charge < -0.3 is 19.9 Å². The number of aryl methyl sites for hydroxylation is 1. The van der Waals surface area contributed by atoms with Crippen molar-refractivity contribution in [2.24, 2.45) is 4.99 Å². The number of rotatable bonds is 6. The summed E-state index contributed by atoms with van der Waals surface area (Å²) in [6.45, 7) is 4.89. The van der Waals surface area contributed by atoms with E-state index in [2.05, 4.69) is 20.6 Å². The van der Waals surface area contributed by atoms with Crippen LogP contribution in [0.4, 0.5) is 4.39 Å². The fraction of sp³-hybridized carbons (Fsp3) is 0.412. The molecule has 24 heavy (non-hydrogen) atoms. The van der Waals surface area contributed by atoms with Crippen LogP contribution in [0.1, 0.15) is 18.3 Å². The Balaban J connectivity index is 2.01. The molecule has 0 saturated carbocycles. The molecule has 1 atom stereocenters. The van der Waals surface area contributed by atoms with E-state index in [9.17, 15) is 4.39 Å². The normalized spacial score (nSPS) is 13.0. The maximum Gasteiger partial charge on any atom is 0.191 e. The lowest BCUT2D eigenvalue weighted by Gasteiger charge is -2.17. The summed E-state index contributed by atoms with van der Waals surface area (Å²) in [5.41, 5.74) is 1.32. The smallest absolute Gasteiger partial charge is 0.191 e. The molecule has 6 nitrogen and oxygen atoms in total. The van der Waals surface area contributed by atoms with E-state index in [0.717, 1.165) is 11.4 Å². The molecule has 0 saturated heterocycles. The van der Waals surface area contributed by atoms with Crippen molar-refractivity contribution in [2.45, 2.75) is 26.4 Å². The predicted molar refractivity (Wildman–Crippen MR) is 92.9 cm³/mol. The fourth-order valence-electron chi connectivity index (χ4n) is 2.39. The second-order valence-electron chi connectivity index (χ2n) is 5.56. The highest BCUT2D eigenvalue weighted by Crippen LogP contribution is 2.16. The minimum Gasteiger partial charge on any atom is -0.383 e. The molecule has 2 aromatic rings. The van der Waals surface area contributed by atoms with Crippen LogP contribution in [0.2, 0.25) is 0 Å². The molecule has 0 aliphatic heterocycles. The summed E-state index contributed by atoms with van der Waals surface area (Å²) in [6, 6.07) is 5.29. The Morgan fingerprint density at radius 2 is 2.25 bits per heavy atom. The Labute approximate surface area is 141 Å². The largest absolute Gasteiger partial charge is 0.383 e. The van der Waals surface area contributed by atoms with Gasteiger partial charge in [-0.3, -0.25) is 4.99 Å². The van der Waals surface area contributed by atoms with Gasteiger partial charge in [-0.15, -0.1) is 0 Å². The van der Waals surface area contributed by atoms with Crippen LogP contribution in [-0.2, 0) is 11.3 Å². The molecule has 0 spiro atoms. The molecule has 2 N–H and O–H groups in total. The van der Waals surface area contributed by atoms with Crippen molar-refractivity contribution in [3.63, 3.8) is 0 Å². The Morgan fingerprint density at radius 1 is 1.46 bits per heavy atom. The number of halogens is 1. The topological polar surface area (TPSA) is 63.5 Å². The maximum atomic E-state index is 14.4. The number of benzene rings is 1. The van der Waals surface area contributed by atoms with Gasteiger partial charge in [-0.05, 0) is 31.5 Å². The lowest BCUT2D eigenvalue weighted by atomic mass is 10.2. The number of imidazole rings is 1. The van der Waals surface area contributed by atoms with Gasteiger partial charge in [-0.25, -0.2) is 9.37 Å². The van der Waals surface area contributed by atoms with Gasteiger partial charge in [-0.2, -0.15) is 0 Å². The van der Waals surface area contributed by atoms with Gasteiger partial charge in [0.15, 0.2) is 5.96 Å². The van der Waals surface area contributed by atoms with Crippen LogP contribution in [-0.4, -0.2) is 42.3 Å². The standard InChI is InChI=1S/C17H24FN5O/c1-12(11-24-4)22-17(19-3)21-10-14-5-6-16(15(18)9-14)23-8-7-20-13(23)2/h5-9,12H,10-11H2,1-4H3,(H2,19,21,22). The molecule has 0 bridgehead atoms. The fourth-order valence-corrected chi connectivity index (χ4v) is 2.39. The van der Waals surface area contributed by atoms with Crippen LogP contribution >= 0.6 is 0 Å². The van der Waals surface area contributed by atoms with Crippen LogP contribution in [0.25, 0.3) is 5.69 Å². The number of hydrogen-bond donors (Lipinski definition) is 2. The highest BCUT2D eigenvalue weighted by Gasteiger charge is 2.09. The van der Waals surface area contributed by atoms with Crippen molar-refractivity contribution in [3.05, 3.63) is 47.8 Å². The van der Waals surface area contributed by atoms with E-state index < -0.39 is 0 Å². The molecule has 0 aliphatic carbocycles. The summed E-state index contributed by atoms with van der Waals surface area (Å²) >= 11 is 0. The third-order valence-corrected chi connectivity index (χ3v) is 3.58. The Morgan fingerprint density at radius 3 is 2.83 bits per heavy atom. The molecule has 0 aliphatic rings. The van der Waals surface area contributed by atoms with E-state index in [1.165, 1.54) is 6.07 Å². The third kappa shape index (κ3) is 4.55. The van der Waals surface area contributed by atoms with Crippen LogP contribution in [0.5, 0.6) is 0 Å². The first-order valence-electron chi connectivity index (χ1n) is 7.80. The zero-order valence-corrected chi connectivity index (χ0v) is 14.5. The number of methoxy groups -OCH3 is 1. The zero-order chi connectivity index (χ0) is 17.5. The minimum absolute atomic E-state index is 0.129. The summed E-state index contributed by atoms with van der Waals surface area (Å²) in [7, 11) is 3.35. The number of ether oxygens (including phenoxy) is 1. The zero-order valence-electron chi connectivity index (χ0n) is 14.5. The van der Waals surface area contributed by atoms with Crippen LogP contribution in [0.3, 0.4) is 0 Å². The number of nitrogens with one attached hydrogen (secondary N) is 2. The van der Waals surface area contributed by atoms with Crippen LogP contribution in [0.15, 0.2) is 35.6 Å². The lowest BCUT2D eigenvalue weighted by Crippen LogP contribution is -2.43. The average molecular weight is 333 g/mol. The molecule has 1 unspecified atom stereocenters. The number of nitrogens with zero attached hydrogens (tertiary/aromatic N) is 3. The first kappa shape index (κ1) is 17.9.